The SMILES string of the molecule is CC[n+]1c(C=C(C)C=C2Sc3ccccc3N2CCCCC(=O)O)sc2ccccc21.[Br-]. The molecule has 0 saturated carbocycles. The van der Waals surface area contributed by atoms with Gasteiger partial charge in [0.15, 0.2) is 0 Å². The number of thioether (sulfide) groups is 1. The number of fused-ring (bicyclic) bond motifs is 2. The van der Waals surface area contributed by atoms with E-state index in [1.165, 1.54) is 36.4 Å². The van der Waals surface area contributed by atoms with E-state index in [0.717, 1.165) is 19.5 Å². The van der Waals surface area contributed by atoms with Crippen molar-refractivity contribution in [2.45, 2.75) is 44.6 Å². The number of carbonyl (C=O) groups is 1. The number of rotatable bonds is 8. The second kappa shape index (κ2) is 11.2. The van der Waals surface area contributed by atoms with Crippen molar-refractivity contribution in [3.63, 3.8) is 0 Å². The topological polar surface area (TPSA) is 44.4 Å². The molecule has 0 radical (unpaired) electrons. The van der Waals surface area contributed by atoms with Crippen molar-refractivity contribution in [1.29, 1.82) is 0 Å². The molecule has 0 bridgehead atoms. The number of carboxylic acid groups (broad SMARTS) is 1. The van der Waals surface area contributed by atoms with Crippen molar-refractivity contribution >= 4 is 51.0 Å². The summed E-state index contributed by atoms with van der Waals surface area (Å²) in [7, 11) is 0. The van der Waals surface area contributed by atoms with Gasteiger partial charge in [-0.3, -0.25) is 4.79 Å². The van der Waals surface area contributed by atoms with Crippen molar-refractivity contribution in [1.82, 2.24) is 0 Å². The lowest BCUT2D eigenvalue weighted by Gasteiger charge is -2.20. The quantitative estimate of drug-likeness (QED) is 0.358. The van der Waals surface area contributed by atoms with Gasteiger partial charge in [-0.15, -0.1) is 0 Å². The number of aromatic nitrogens is 1. The highest BCUT2D eigenvalue weighted by Gasteiger charge is 2.24. The van der Waals surface area contributed by atoms with Gasteiger partial charge < -0.3 is 27.0 Å². The molecule has 32 heavy (non-hydrogen) atoms. The molecule has 0 unspecified atom stereocenters. The van der Waals surface area contributed by atoms with Gasteiger partial charge in [-0.1, -0.05) is 47.4 Å². The molecule has 2 heterocycles. The van der Waals surface area contributed by atoms with E-state index in [0.29, 0.717) is 6.42 Å². The van der Waals surface area contributed by atoms with Crippen LogP contribution in [-0.2, 0) is 11.3 Å². The molecule has 7 heteroatoms. The smallest absolute Gasteiger partial charge is 0.303 e. The Morgan fingerprint density at radius 3 is 2.66 bits per heavy atom. The van der Waals surface area contributed by atoms with Crippen molar-refractivity contribution in [2.75, 3.05) is 11.4 Å². The lowest BCUT2D eigenvalue weighted by atomic mass is 10.2. The zero-order chi connectivity index (χ0) is 21.8. The first kappa shape index (κ1) is 24.6. The number of benzene rings is 2. The zero-order valence-corrected chi connectivity index (χ0v) is 21.5. The Morgan fingerprint density at radius 1 is 1.12 bits per heavy atom. The number of para-hydroxylation sites is 2. The molecule has 168 valence electrons. The van der Waals surface area contributed by atoms with Crippen molar-refractivity contribution < 1.29 is 31.4 Å². The standard InChI is InChI=1S/C25H26N2O2S2.BrH/c1-3-26-19-10-4-6-12-21(19)30-23(26)16-18(2)17-24-27(15-9-8-14-25(28)29)20-11-5-7-13-22(20)31-24;/h4-7,10-13,16-17H,3,8-9,14-15H2,1-2H3;1H. The number of aliphatic carboxylic acids is 1. The fourth-order valence-corrected chi connectivity index (χ4v) is 6.29. The summed E-state index contributed by atoms with van der Waals surface area (Å²) >= 11 is 3.61. The Morgan fingerprint density at radius 2 is 1.88 bits per heavy atom. The van der Waals surface area contributed by atoms with Crippen LogP contribution in [0.5, 0.6) is 0 Å². The number of aryl methyl sites for hydroxylation is 1. The molecular weight excluding hydrogens is 504 g/mol. The number of halogens is 1. The first-order valence-electron chi connectivity index (χ1n) is 10.6. The summed E-state index contributed by atoms with van der Waals surface area (Å²) < 4.78 is 3.67. The predicted molar refractivity (Wildman–Crippen MR) is 131 cm³/mol. The third kappa shape index (κ3) is 5.45. The number of hydrogen-bond donors (Lipinski definition) is 1. The van der Waals surface area contributed by atoms with Crippen LogP contribution in [0.4, 0.5) is 5.69 Å². The summed E-state index contributed by atoms with van der Waals surface area (Å²) in [5.41, 5.74) is 3.70. The third-order valence-corrected chi connectivity index (χ3v) is 7.54. The van der Waals surface area contributed by atoms with Crippen LogP contribution >= 0.6 is 23.1 Å². The maximum atomic E-state index is 10.9. The molecule has 1 aliphatic rings. The minimum absolute atomic E-state index is 0. The van der Waals surface area contributed by atoms with E-state index in [4.69, 9.17) is 5.11 Å². The van der Waals surface area contributed by atoms with E-state index < -0.39 is 5.97 Å². The Balaban J connectivity index is 0.00000289. The number of nitrogens with zero attached hydrogens (tertiary/aromatic N) is 2. The number of hydrogen-bond acceptors (Lipinski definition) is 4. The molecule has 1 N–H and O–H groups in total. The summed E-state index contributed by atoms with van der Waals surface area (Å²) in [4.78, 5) is 14.4. The summed E-state index contributed by atoms with van der Waals surface area (Å²) in [5, 5.41) is 11.4. The highest BCUT2D eigenvalue weighted by Crippen LogP contribution is 2.46. The first-order chi connectivity index (χ1) is 15.1. The van der Waals surface area contributed by atoms with Crippen LogP contribution in [0.1, 0.15) is 38.1 Å². The molecule has 0 fully saturated rings. The monoisotopic (exact) mass is 530 g/mol. The predicted octanol–water partition coefficient (Wildman–Crippen LogP) is 3.32. The van der Waals surface area contributed by atoms with Gasteiger partial charge in [-0.25, -0.2) is 0 Å². The van der Waals surface area contributed by atoms with Crippen molar-refractivity contribution in [3.8, 4) is 0 Å². The maximum absolute atomic E-state index is 10.9. The summed E-state index contributed by atoms with van der Waals surface area (Å²) in [5.74, 6) is -0.724. The van der Waals surface area contributed by atoms with Gasteiger partial charge >= 0.3 is 5.97 Å². The van der Waals surface area contributed by atoms with Gasteiger partial charge in [0, 0.05) is 30.0 Å². The van der Waals surface area contributed by atoms with Gasteiger partial charge in [0.25, 0.3) is 5.01 Å². The minimum atomic E-state index is -0.724. The second-order valence-corrected chi connectivity index (χ2v) is 9.72. The molecule has 1 aromatic heterocycles. The molecule has 0 amide bonds. The number of allylic oxidation sites excluding steroid dienone is 2. The number of carboxylic acids is 1. The number of thiazole rings is 1. The summed E-state index contributed by atoms with van der Waals surface area (Å²) in [6.07, 6.45) is 6.30. The van der Waals surface area contributed by atoms with Crippen LogP contribution in [0.15, 0.2) is 70.1 Å². The Kier molecular flexibility index (Phi) is 8.57. The van der Waals surface area contributed by atoms with Gasteiger partial charge in [0.2, 0.25) is 5.52 Å². The van der Waals surface area contributed by atoms with E-state index in [-0.39, 0.29) is 23.4 Å². The summed E-state index contributed by atoms with van der Waals surface area (Å²) in [6.45, 7) is 6.11. The van der Waals surface area contributed by atoms with Crippen LogP contribution in [0.2, 0.25) is 0 Å². The molecule has 0 spiro atoms. The average molecular weight is 532 g/mol. The van der Waals surface area contributed by atoms with E-state index in [1.54, 1.807) is 11.8 Å². The van der Waals surface area contributed by atoms with Crippen LogP contribution < -0.4 is 26.4 Å². The van der Waals surface area contributed by atoms with Crippen LogP contribution in [0.25, 0.3) is 16.3 Å². The lowest BCUT2D eigenvalue weighted by molar-refractivity contribution is -0.665. The Labute approximate surface area is 208 Å². The fourth-order valence-electron chi connectivity index (χ4n) is 3.85. The van der Waals surface area contributed by atoms with Crippen LogP contribution in [0, 0.1) is 0 Å². The molecule has 3 aromatic rings. The first-order valence-corrected chi connectivity index (χ1v) is 12.3. The molecule has 4 rings (SSSR count). The molecule has 0 saturated heterocycles. The molecule has 0 aliphatic carbocycles. The van der Waals surface area contributed by atoms with Gasteiger partial charge in [0.1, 0.15) is 11.2 Å². The van der Waals surface area contributed by atoms with Gasteiger partial charge in [0.05, 0.1) is 10.7 Å². The molecule has 0 atom stereocenters. The van der Waals surface area contributed by atoms with E-state index in [9.17, 15) is 4.79 Å². The largest absolute Gasteiger partial charge is 1.00 e. The zero-order valence-electron chi connectivity index (χ0n) is 18.3. The Bertz CT molecular complexity index is 1170. The normalized spacial score (nSPS) is 14.6. The maximum Gasteiger partial charge on any atom is 0.303 e. The van der Waals surface area contributed by atoms with Crippen LogP contribution in [-0.4, -0.2) is 17.6 Å². The van der Waals surface area contributed by atoms with Crippen molar-refractivity contribution in [3.05, 3.63) is 70.2 Å². The molecular formula is C25H27BrN2O2S2. The van der Waals surface area contributed by atoms with Crippen LogP contribution in [0.3, 0.4) is 0 Å². The number of unbranched alkanes of at least 4 members (excludes halogenated alkanes) is 1. The molecule has 2 aromatic carbocycles. The highest BCUT2D eigenvalue weighted by atomic mass is 79.9. The van der Waals surface area contributed by atoms with Gasteiger partial charge in [-0.2, -0.15) is 4.57 Å². The molecule has 4 nitrogen and oxygen atoms in total. The lowest BCUT2D eigenvalue weighted by Crippen LogP contribution is -3.00. The minimum Gasteiger partial charge on any atom is -1.00 e. The fraction of sp³-hybridized carbons (Fsp3) is 0.280. The van der Waals surface area contributed by atoms with E-state index >= 15 is 0 Å². The molecule has 1 aliphatic heterocycles. The van der Waals surface area contributed by atoms with Gasteiger partial charge in [-0.05, 0) is 56.5 Å². The van der Waals surface area contributed by atoms with E-state index in [1.807, 2.05) is 11.3 Å². The highest BCUT2D eigenvalue weighted by molar-refractivity contribution is 8.03. The third-order valence-electron chi connectivity index (χ3n) is 5.31. The second-order valence-electron chi connectivity index (χ2n) is 7.60. The van der Waals surface area contributed by atoms with E-state index in [2.05, 4.69) is 84.0 Å². The Hall–Kier alpha value is -2.09. The van der Waals surface area contributed by atoms with Crippen molar-refractivity contribution in [2.24, 2.45) is 0 Å². The summed E-state index contributed by atoms with van der Waals surface area (Å²) in [6, 6.07) is 17.0. The number of anilines is 1. The average Bonchev–Trinajstić information content (AvgIpc) is 3.27.